The van der Waals surface area contributed by atoms with Crippen LogP contribution < -0.4 is 15.0 Å². The molecule has 6 nitrogen and oxygen atoms in total. The highest BCUT2D eigenvalue weighted by atomic mass is 19.1. The molecule has 3 fully saturated rings. The summed E-state index contributed by atoms with van der Waals surface area (Å²) in [5, 5.41) is 16.3. The zero-order chi connectivity index (χ0) is 26.1. The number of carbonyl (C=O) groups excluding carboxylic acids is 1. The van der Waals surface area contributed by atoms with Crippen LogP contribution in [-0.4, -0.2) is 60.8 Å². The van der Waals surface area contributed by atoms with Gasteiger partial charge in [0, 0.05) is 31.7 Å². The molecule has 200 valence electrons. The third-order valence-corrected chi connectivity index (χ3v) is 8.09. The van der Waals surface area contributed by atoms with Crippen LogP contribution >= 0.6 is 0 Å². The van der Waals surface area contributed by atoms with Gasteiger partial charge < -0.3 is 25.0 Å². The van der Waals surface area contributed by atoms with E-state index in [4.69, 9.17) is 4.74 Å². The summed E-state index contributed by atoms with van der Waals surface area (Å²) in [7, 11) is 0. The largest absolute Gasteiger partial charge is 0.490 e. The summed E-state index contributed by atoms with van der Waals surface area (Å²) in [5.41, 5.74) is 1.90. The van der Waals surface area contributed by atoms with Gasteiger partial charge in [0.05, 0.1) is 12.1 Å². The minimum Gasteiger partial charge on any atom is -0.490 e. The second-order valence-corrected chi connectivity index (χ2v) is 11.1. The fraction of sp³-hybridized carbons (Fsp3) is 0.452. The first-order valence-electron chi connectivity index (χ1n) is 13.9. The first-order chi connectivity index (χ1) is 18.5. The van der Waals surface area contributed by atoms with Gasteiger partial charge in [-0.15, -0.1) is 0 Å². The highest BCUT2D eigenvalue weighted by molar-refractivity contribution is 5.86. The average molecular weight is 518 g/mol. The Morgan fingerprint density at radius 1 is 1.00 bits per heavy atom. The van der Waals surface area contributed by atoms with Gasteiger partial charge in [0.2, 0.25) is 5.91 Å². The van der Waals surface area contributed by atoms with Crippen molar-refractivity contribution in [1.82, 2.24) is 10.2 Å². The normalized spacial score (nSPS) is 21.2. The second kappa shape index (κ2) is 10.9. The van der Waals surface area contributed by atoms with Gasteiger partial charge in [-0.05, 0) is 97.4 Å². The zero-order valence-corrected chi connectivity index (χ0v) is 21.7. The molecule has 0 aromatic heterocycles. The maximum Gasteiger partial charge on any atom is 0.220 e. The van der Waals surface area contributed by atoms with Crippen LogP contribution in [0, 0.1) is 11.7 Å². The number of benzene rings is 3. The van der Waals surface area contributed by atoms with Gasteiger partial charge in [-0.1, -0.05) is 24.3 Å². The Morgan fingerprint density at radius 2 is 1.76 bits per heavy atom. The van der Waals surface area contributed by atoms with Crippen LogP contribution in [0.2, 0.25) is 0 Å². The smallest absolute Gasteiger partial charge is 0.220 e. The molecule has 3 aromatic rings. The predicted octanol–water partition coefficient (Wildman–Crippen LogP) is 4.66. The van der Waals surface area contributed by atoms with Crippen molar-refractivity contribution in [2.24, 2.45) is 5.92 Å². The summed E-state index contributed by atoms with van der Waals surface area (Å²) < 4.78 is 19.4. The fourth-order valence-electron chi connectivity index (χ4n) is 5.58. The third-order valence-electron chi connectivity index (χ3n) is 8.09. The van der Waals surface area contributed by atoms with Crippen molar-refractivity contribution in [3.63, 3.8) is 0 Å². The summed E-state index contributed by atoms with van der Waals surface area (Å²) in [5.74, 6) is 0.842. The molecule has 2 aliphatic heterocycles. The van der Waals surface area contributed by atoms with E-state index in [-0.39, 0.29) is 23.7 Å². The van der Waals surface area contributed by atoms with Crippen LogP contribution in [0.1, 0.15) is 43.8 Å². The molecule has 7 heteroatoms. The number of amides is 1. The molecule has 2 saturated heterocycles. The number of hydrogen-bond donors (Lipinski definition) is 2. The number of nitrogens with one attached hydrogen (secondary N) is 1. The molecule has 0 spiro atoms. The topological polar surface area (TPSA) is 65.0 Å². The summed E-state index contributed by atoms with van der Waals surface area (Å²) in [6.07, 6.45) is 4.31. The molecule has 0 radical (unpaired) electrons. The van der Waals surface area contributed by atoms with Gasteiger partial charge in [0.1, 0.15) is 17.7 Å². The van der Waals surface area contributed by atoms with Gasteiger partial charge in [-0.2, -0.15) is 0 Å². The molecule has 3 aromatic carbocycles. The van der Waals surface area contributed by atoms with E-state index in [2.05, 4.69) is 21.2 Å². The zero-order valence-electron chi connectivity index (χ0n) is 21.7. The number of rotatable bonds is 10. The predicted molar refractivity (Wildman–Crippen MR) is 147 cm³/mol. The van der Waals surface area contributed by atoms with Crippen molar-refractivity contribution in [1.29, 1.82) is 0 Å². The number of aliphatic hydroxyl groups excluding tert-OH is 1. The van der Waals surface area contributed by atoms with Crippen molar-refractivity contribution in [3.8, 4) is 5.75 Å². The molecular formula is C31H36FN3O3. The highest BCUT2D eigenvalue weighted by Crippen LogP contribution is 2.30. The Bertz CT molecular complexity index is 1280. The van der Waals surface area contributed by atoms with Gasteiger partial charge in [0.25, 0.3) is 0 Å². The lowest BCUT2D eigenvalue weighted by Gasteiger charge is -2.36. The molecular weight excluding hydrogens is 481 g/mol. The first kappa shape index (κ1) is 25.1. The Labute approximate surface area is 223 Å². The van der Waals surface area contributed by atoms with Gasteiger partial charge in [-0.25, -0.2) is 4.39 Å². The van der Waals surface area contributed by atoms with Crippen LogP contribution in [0.3, 0.4) is 0 Å². The Balaban J connectivity index is 1.06. The molecule has 38 heavy (non-hydrogen) atoms. The van der Waals surface area contributed by atoms with Crippen molar-refractivity contribution in [2.45, 2.75) is 50.4 Å². The van der Waals surface area contributed by atoms with Crippen molar-refractivity contribution in [3.05, 3.63) is 72.0 Å². The number of likely N-dealkylation sites (tertiary alicyclic amines) is 1. The van der Waals surface area contributed by atoms with Gasteiger partial charge >= 0.3 is 0 Å². The van der Waals surface area contributed by atoms with E-state index in [0.717, 1.165) is 79.6 Å². The van der Waals surface area contributed by atoms with Crippen LogP contribution in [0.5, 0.6) is 5.75 Å². The van der Waals surface area contributed by atoms with E-state index in [1.54, 1.807) is 6.07 Å². The van der Waals surface area contributed by atoms with Crippen LogP contribution in [0.25, 0.3) is 10.8 Å². The Hall–Kier alpha value is -3.16. The molecule has 2 N–H and O–H groups in total. The van der Waals surface area contributed by atoms with Crippen LogP contribution in [0.15, 0.2) is 60.7 Å². The maximum absolute atomic E-state index is 13.5. The minimum atomic E-state index is -0.781. The molecule has 3 atom stereocenters. The number of anilines is 1. The number of aliphatic hydroxyl groups is 1. The lowest BCUT2D eigenvalue weighted by atomic mass is 9.99. The standard InChI is InChI=1S/C31H36FN3O3/c32-25-6-2-24-18-26(7-3-23(24)17-25)35-15-12-21(19-35)16-30(36)33-29(20-34-13-1-14-34)31(37)22-4-8-27(9-5-22)38-28-10-11-28/h2-9,17-18,21,28-29,31,37H,1,10-16,19-20H2,(H,33,36). The quantitative estimate of drug-likeness (QED) is 0.410. The summed E-state index contributed by atoms with van der Waals surface area (Å²) in [6.45, 7) is 4.34. The van der Waals surface area contributed by atoms with Gasteiger partial charge in [0.15, 0.2) is 0 Å². The van der Waals surface area contributed by atoms with Crippen molar-refractivity contribution in [2.75, 3.05) is 37.6 Å². The number of carbonyl (C=O) groups is 1. The fourth-order valence-corrected chi connectivity index (χ4v) is 5.58. The first-order valence-corrected chi connectivity index (χ1v) is 13.9. The lowest BCUT2D eigenvalue weighted by molar-refractivity contribution is -0.123. The molecule has 3 unspecified atom stereocenters. The number of hydrogen-bond acceptors (Lipinski definition) is 5. The maximum atomic E-state index is 13.5. The van der Waals surface area contributed by atoms with E-state index in [1.165, 1.54) is 6.07 Å². The minimum absolute atomic E-state index is 0.0101. The number of ether oxygens (including phenoxy) is 1. The molecule has 0 bridgehead atoms. The summed E-state index contributed by atoms with van der Waals surface area (Å²) in [4.78, 5) is 17.7. The summed E-state index contributed by atoms with van der Waals surface area (Å²) >= 11 is 0. The third kappa shape index (κ3) is 5.94. The van der Waals surface area contributed by atoms with E-state index >= 15 is 0 Å². The highest BCUT2D eigenvalue weighted by Gasteiger charge is 2.30. The lowest BCUT2D eigenvalue weighted by Crippen LogP contribution is -2.51. The molecule has 3 aliphatic rings. The van der Waals surface area contributed by atoms with Gasteiger partial charge in [-0.3, -0.25) is 4.79 Å². The monoisotopic (exact) mass is 517 g/mol. The van der Waals surface area contributed by atoms with Crippen molar-refractivity contribution >= 4 is 22.4 Å². The molecule has 1 aliphatic carbocycles. The number of nitrogens with zero attached hydrogens (tertiary/aromatic N) is 2. The molecule has 6 rings (SSSR count). The van der Waals surface area contributed by atoms with E-state index in [1.807, 2.05) is 42.5 Å². The summed E-state index contributed by atoms with van der Waals surface area (Å²) in [6, 6.07) is 18.2. The Kier molecular flexibility index (Phi) is 7.22. The number of halogens is 1. The van der Waals surface area contributed by atoms with E-state index in [0.29, 0.717) is 19.1 Å². The van der Waals surface area contributed by atoms with Crippen LogP contribution in [0.4, 0.5) is 10.1 Å². The number of fused-ring (bicyclic) bond motifs is 1. The Morgan fingerprint density at radius 3 is 2.50 bits per heavy atom. The molecule has 2 heterocycles. The van der Waals surface area contributed by atoms with E-state index < -0.39 is 6.10 Å². The molecule has 1 amide bonds. The van der Waals surface area contributed by atoms with E-state index in [9.17, 15) is 14.3 Å². The second-order valence-electron chi connectivity index (χ2n) is 11.1. The average Bonchev–Trinajstić information content (AvgIpc) is 3.59. The van der Waals surface area contributed by atoms with Crippen molar-refractivity contribution < 1.29 is 19.0 Å². The molecule has 1 saturated carbocycles. The van der Waals surface area contributed by atoms with Crippen LogP contribution in [-0.2, 0) is 4.79 Å². The SMILES string of the molecule is O=C(CC1CCN(c2ccc3cc(F)ccc3c2)C1)NC(CN1CCC1)C(O)c1ccc(OC2CC2)cc1.